The van der Waals surface area contributed by atoms with E-state index >= 15 is 0 Å². The standard InChI is InChI=1S/C23H24N4O3/c1-15-19(23(29)27-22(26-15)17-8-10-24-11-9-17)6-7-21(28)25-13-16-12-18-4-2-3-5-20(18)30-14-16/h2-5,8-11,16H,6-7,12-14H2,1H3,(H,25,28)(H,26,27,29). The van der Waals surface area contributed by atoms with Crippen LogP contribution in [-0.2, 0) is 17.6 Å². The van der Waals surface area contributed by atoms with Crippen molar-refractivity contribution in [1.29, 1.82) is 0 Å². The Morgan fingerprint density at radius 2 is 2.03 bits per heavy atom. The predicted octanol–water partition coefficient (Wildman–Crippen LogP) is 2.44. The summed E-state index contributed by atoms with van der Waals surface area (Å²) >= 11 is 0. The Balaban J connectivity index is 1.31. The highest BCUT2D eigenvalue weighted by molar-refractivity contribution is 5.76. The lowest BCUT2D eigenvalue weighted by Gasteiger charge is -2.25. The van der Waals surface area contributed by atoms with Gasteiger partial charge in [-0.3, -0.25) is 14.6 Å². The zero-order valence-electron chi connectivity index (χ0n) is 16.9. The number of H-pyrrole nitrogens is 1. The molecule has 1 aliphatic heterocycles. The summed E-state index contributed by atoms with van der Waals surface area (Å²) in [6.45, 7) is 2.95. The first-order valence-corrected chi connectivity index (χ1v) is 10.1. The van der Waals surface area contributed by atoms with Gasteiger partial charge in [-0.1, -0.05) is 18.2 Å². The fourth-order valence-corrected chi connectivity index (χ4v) is 3.66. The zero-order valence-corrected chi connectivity index (χ0v) is 16.9. The van der Waals surface area contributed by atoms with Crippen LogP contribution in [0.25, 0.3) is 11.4 Å². The summed E-state index contributed by atoms with van der Waals surface area (Å²) in [6.07, 6.45) is 4.78. The fourth-order valence-electron chi connectivity index (χ4n) is 3.66. The number of aromatic nitrogens is 3. The third-order valence-corrected chi connectivity index (χ3v) is 5.32. The maximum atomic E-state index is 12.5. The van der Waals surface area contributed by atoms with Crippen LogP contribution in [0.15, 0.2) is 53.6 Å². The molecule has 1 aromatic carbocycles. The van der Waals surface area contributed by atoms with Crippen LogP contribution in [-0.4, -0.2) is 34.0 Å². The highest BCUT2D eigenvalue weighted by atomic mass is 16.5. The fraction of sp³-hybridized carbons (Fsp3) is 0.304. The number of carbonyl (C=O) groups excluding carboxylic acids is 1. The topological polar surface area (TPSA) is 97.0 Å². The van der Waals surface area contributed by atoms with Crippen molar-refractivity contribution in [2.45, 2.75) is 26.2 Å². The Kier molecular flexibility index (Phi) is 5.88. The molecule has 0 spiro atoms. The van der Waals surface area contributed by atoms with Gasteiger partial charge in [-0.25, -0.2) is 4.98 Å². The molecule has 1 aliphatic rings. The molecule has 2 aromatic heterocycles. The number of ether oxygens (including phenoxy) is 1. The normalized spacial score (nSPS) is 15.2. The van der Waals surface area contributed by atoms with E-state index in [1.165, 1.54) is 5.56 Å². The molecule has 3 heterocycles. The van der Waals surface area contributed by atoms with Crippen LogP contribution >= 0.6 is 0 Å². The smallest absolute Gasteiger partial charge is 0.254 e. The minimum absolute atomic E-state index is 0.0779. The Morgan fingerprint density at radius 1 is 1.23 bits per heavy atom. The van der Waals surface area contributed by atoms with Crippen molar-refractivity contribution in [2.24, 2.45) is 5.92 Å². The lowest BCUT2D eigenvalue weighted by Crippen LogP contribution is -2.35. The van der Waals surface area contributed by atoms with Crippen LogP contribution < -0.4 is 15.6 Å². The molecule has 7 heteroatoms. The number of rotatable bonds is 6. The number of aryl methyl sites for hydroxylation is 1. The van der Waals surface area contributed by atoms with E-state index in [0.29, 0.717) is 36.7 Å². The van der Waals surface area contributed by atoms with Crippen molar-refractivity contribution in [1.82, 2.24) is 20.3 Å². The van der Waals surface area contributed by atoms with Gasteiger partial charge in [0, 0.05) is 48.1 Å². The van der Waals surface area contributed by atoms with Crippen molar-refractivity contribution in [3.63, 3.8) is 0 Å². The minimum atomic E-state index is -0.209. The van der Waals surface area contributed by atoms with Crippen LogP contribution in [0.3, 0.4) is 0 Å². The maximum Gasteiger partial charge on any atom is 0.254 e. The lowest BCUT2D eigenvalue weighted by molar-refractivity contribution is -0.121. The highest BCUT2D eigenvalue weighted by Crippen LogP contribution is 2.26. The maximum absolute atomic E-state index is 12.5. The van der Waals surface area contributed by atoms with E-state index in [2.05, 4.69) is 26.3 Å². The van der Waals surface area contributed by atoms with Gasteiger partial charge in [0.15, 0.2) is 0 Å². The van der Waals surface area contributed by atoms with Gasteiger partial charge in [0.25, 0.3) is 5.56 Å². The first kappa shape index (κ1) is 19.8. The third-order valence-electron chi connectivity index (χ3n) is 5.32. The van der Waals surface area contributed by atoms with E-state index in [-0.39, 0.29) is 23.8 Å². The second-order valence-corrected chi connectivity index (χ2v) is 7.51. The number of aromatic amines is 1. The minimum Gasteiger partial charge on any atom is -0.493 e. The summed E-state index contributed by atoms with van der Waals surface area (Å²) in [6, 6.07) is 11.6. The van der Waals surface area contributed by atoms with Gasteiger partial charge in [-0.05, 0) is 43.5 Å². The molecule has 1 amide bonds. The van der Waals surface area contributed by atoms with Crippen molar-refractivity contribution in [3.8, 4) is 17.1 Å². The van der Waals surface area contributed by atoms with Crippen LogP contribution in [0.4, 0.5) is 0 Å². The molecule has 30 heavy (non-hydrogen) atoms. The van der Waals surface area contributed by atoms with Gasteiger partial charge < -0.3 is 15.0 Å². The summed E-state index contributed by atoms with van der Waals surface area (Å²) in [4.78, 5) is 36.1. The Labute approximate surface area is 174 Å². The Hall–Kier alpha value is -3.48. The number of fused-ring (bicyclic) bond motifs is 1. The van der Waals surface area contributed by atoms with Crippen molar-refractivity contribution in [2.75, 3.05) is 13.2 Å². The van der Waals surface area contributed by atoms with Gasteiger partial charge in [-0.15, -0.1) is 0 Å². The van der Waals surface area contributed by atoms with E-state index in [1.807, 2.05) is 18.2 Å². The average molecular weight is 404 g/mol. The van der Waals surface area contributed by atoms with E-state index in [9.17, 15) is 9.59 Å². The van der Waals surface area contributed by atoms with Crippen molar-refractivity contribution < 1.29 is 9.53 Å². The average Bonchev–Trinajstić information content (AvgIpc) is 2.77. The van der Waals surface area contributed by atoms with Gasteiger partial charge in [-0.2, -0.15) is 0 Å². The van der Waals surface area contributed by atoms with E-state index in [1.54, 1.807) is 31.5 Å². The third kappa shape index (κ3) is 4.56. The van der Waals surface area contributed by atoms with Crippen molar-refractivity contribution in [3.05, 3.63) is 76.0 Å². The second kappa shape index (κ2) is 8.90. The van der Waals surface area contributed by atoms with Gasteiger partial charge >= 0.3 is 0 Å². The quantitative estimate of drug-likeness (QED) is 0.658. The SMILES string of the molecule is Cc1nc(-c2ccncc2)[nH]c(=O)c1CCC(=O)NCC1COc2ccccc2C1. The molecule has 1 atom stereocenters. The number of nitrogens with one attached hydrogen (secondary N) is 2. The van der Waals surface area contributed by atoms with Gasteiger partial charge in [0.1, 0.15) is 11.6 Å². The van der Waals surface area contributed by atoms with E-state index in [0.717, 1.165) is 17.7 Å². The first-order chi connectivity index (χ1) is 14.6. The largest absolute Gasteiger partial charge is 0.493 e. The number of amides is 1. The molecule has 0 bridgehead atoms. The molecular weight excluding hydrogens is 380 g/mol. The van der Waals surface area contributed by atoms with Crippen LogP contribution in [0.5, 0.6) is 5.75 Å². The number of nitrogens with zero attached hydrogens (tertiary/aromatic N) is 2. The highest BCUT2D eigenvalue weighted by Gasteiger charge is 2.20. The molecule has 0 aliphatic carbocycles. The molecule has 0 saturated heterocycles. The molecule has 7 nitrogen and oxygen atoms in total. The summed E-state index contributed by atoms with van der Waals surface area (Å²) in [7, 11) is 0. The molecule has 2 N–H and O–H groups in total. The van der Waals surface area contributed by atoms with Crippen LogP contribution in [0.2, 0.25) is 0 Å². The molecule has 3 aromatic rings. The lowest BCUT2D eigenvalue weighted by atomic mass is 9.96. The number of benzene rings is 1. The summed E-state index contributed by atoms with van der Waals surface area (Å²) in [5.41, 5.74) is 2.93. The summed E-state index contributed by atoms with van der Waals surface area (Å²) in [5.74, 6) is 1.60. The Bertz CT molecular complexity index is 1100. The molecule has 0 radical (unpaired) electrons. The number of hydrogen-bond acceptors (Lipinski definition) is 5. The van der Waals surface area contributed by atoms with E-state index in [4.69, 9.17) is 4.74 Å². The van der Waals surface area contributed by atoms with Gasteiger partial charge in [0.05, 0.1) is 6.61 Å². The molecule has 4 rings (SSSR count). The molecule has 0 saturated carbocycles. The number of carbonyl (C=O) groups is 1. The number of para-hydroxylation sites is 1. The zero-order chi connectivity index (χ0) is 20.9. The predicted molar refractivity (Wildman–Crippen MR) is 113 cm³/mol. The first-order valence-electron chi connectivity index (χ1n) is 10.1. The van der Waals surface area contributed by atoms with Crippen LogP contribution in [0, 0.1) is 12.8 Å². The molecule has 0 fully saturated rings. The monoisotopic (exact) mass is 404 g/mol. The van der Waals surface area contributed by atoms with Crippen molar-refractivity contribution >= 4 is 5.91 Å². The summed E-state index contributed by atoms with van der Waals surface area (Å²) < 4.78 is 5.77. The molecular formula is C23H24N4O3. The Morgan fingerprint density at radius 3 is 2.83 bits per heavy atom. The molecule has 1 unspecified atom stereocenters. The second-order valence-electron chi connectivity index (χ2n) is 7.51. The number of pyridine rings is 1. The van der Waals surface area contributed by atoms with Crippen LogP contribution in [0.1, 0.15) is 23.2 Å². The van der Waals surface area contributed by atoms with Gasteiger partial charge in [0.2, 0.25) is 5.91 Å². The van der Waals surface area contributed by atoms with E-state index < -0.39 is 0 Å². The number of hydrogen-bond donors (Lipinski definition) is 2. The summed E-state index contributed by atoms with van der Waals surface area (Å²) in [5, 5.41) is 2.97. The molecule has 154 valence electrons.